The molecule has 1 fully saturated rings. The molecule has 7 heteroatoms. The molecule has 1 saturated heterocycles. The van der Waals surface area contributed by atoms with Crippen LogP contribution in [0, 0.1) is 13.8 Å². The molecule has 1 aliphatic heterocycles. The fourth-order valence-corrected chi connectivity index (χ4v) is 5.44. The summed E-state index contributed by atoms with van der Waals surface area (Å²) in [6.45, 7) is 8.37. The summed E-state index contributed by atoms with van der Waals surface area (Å²) in [4.78, 5) is 14.9. The smallest absolute Gasteiger partial charge is 0.232 e. The summed E-state index contributed by atoms with van der Waals surface area (Å²) in [5, 5.41) is 3.05. The molecule has 1 atom stereocenters. The number of carbonyl (C=O) groups is 1. The SMILES string of the molecule is Cc1cc(C)cc(N(CCCC(=O)N[C@@H](C)c2ccc(N3CCCCC3)cc2)S(C)(=O)=O)c1. The zero-order valence-electron chi connectivity index (χ0n) is 20.3. The largest absolute Gasteiger partial charge is 0.372 e. The molecule has 2 aromatic rings. The maximum Gasteiger partial charge on any atom is 0.232 e. The highest BCUT2D eigenvalue weighted by molar-refractivity contribution is 7.92. The lowest BCUT2D eigenvalue weighted by molar-refractivity contribution is -0.121. The molecule has 1 aliphatic rings. The highest BCUT2D eigenvalue weighted by Crippen LogP contribution is 2.24. The van der Waals surface area contributed by atoms with E-state index in [1.807, 2.05) is 39.0 Å². The highest BCUT2D eigenvalue weighted by Gasteiger charge is 2.19. The van der Waals surface area contributed by atoms with E-state index in [2.05, 4.69) is 34.5 Å². The molecule has 33 heavy (non-hydrogen) atoms. The van der Waals surface area contributed by atoms with Gasteiger partial charge in [0.25, 0.3) is 0 Å². The van der Waals surface area contributed by atoms with Gasteiger partial charge in [-0.25, -0.2) is 8.42 Å². The molecule has 1 amide bonds. The number of benzene rings is 2. The number of piperidine rings is 1. The molecule has 3 rings (SSSR count). The molecule has 0 unspecified atom stereocenters. The molecule has 0 saturated carbocycles. The van der Waals surface area contributed by atoms with Gasteiger partial charge in [-0.05, 0) is 87.4 Å². The van der Waals surface area contributed by atoms with Crippen molar-refractivity contribution < 1.29 is 13.2 Å². The van der Waals surface area contributed by atoms with Crippen molar-refractivity contribution in [2.45, 2.75) is 58.9 Å². The minimum atomic E-state index is -3.43. The second kappa shape index (κ2) is 11.1. The van der Waals surface area contributed by atoms with Crippen LogP contribution >= 0.6 is 0 Å². The van der Waals surface area contributed by atoms with Crippen LogP contribution < -0.4 is 14.5 Å². The van der Waals surface area contributed by atoms with E-state index in [0.29, 0.717) is 12.1 Å². The Morgan fingerprint density at radius 2 is 1.64 bits per heavy atom. The van der Waals surface area contributed by atoms with E-state index in [1.54, 1.807) is 0 Å². The molecule has 180 valence electrons. The van der Waals surface area contributed by atoms with Crippen molar-refractivity contribution in [2.75, 3.05) is 35.1 Å². The van der Waals surface area contributed by atoms with Gasteiger partial charge in [0.15, 0.2) is 0 Å². The van der Waals surface area contributed by atoms with E-state index in [4.69, 9.17) is 0 Å². The summed E-state index contributed by atoms with van der Waals surface area (Å²) in [6, 6.07) is 14.1. The number of anilines is 2. The molecular weight excluding hydrogens is 434 g/mol. The van der Waals surface area contributed by atoms with E-state index in [-0.39, 0.29) is 24.9 Å². The van der Waals surface area contributed by atoms with E-state index >= 15 is 0 Å². The third-order valence-corrected chi connectivity index (χ3v) is 7.35. The quantitative estimate of drug-likeness (QED) is 0.575. The van der Waals surface area contributed by atoms with Gasteiger partial charge in [-0.1, -0.05) is 18.2 Å². The van der Waals surface area contributed by atoms with Crippen LogP contribution in [-0.2, 0) is 14.8 Å². The van der Waals surface area contributed by atoms with Gasteiger partial charge in [-0.2, -0.15) is 0 Å². The van der Waals surface area contributed by atoms with Crippen LogP contribution in [0.25, 0.3) is 0 Å². The lowest BCUT2D eigenvalue weighted by atomic mass is 10.1. The number of amides is 1. The third kappa shape index (κ3) is 7.22. The summed E-state index contributed by atoms with van der Waals surface area (Å²) < 4.78 is 26.1. The third-order valence-electron chi connectivity index (χ3n) is 6.15. The normalized spacial score (nSPS) is 15.2. The van der Waals surface area contributed by atoms with Gasteiger partial charge in [-0.15, -0.1) is 0 Å². The second-order valence-electron chi connectivity index (χ2n) is 9.21. The van der Waals surface area contributed by atoms with E-state index in [0.717, 1.165) is 29.8 Å². The van der Waals surface area contributed by atoms with Crippen LogP contribution in [0.3, 0.4) is 0 Å². The maximum atomic E-state index is 12.5. The topological polar surface area (TPSA) is 69.7 Å². The summed E-state index contributed by atoms with van der Waals surface area (Å²) in [5.41, 5.74) is 4.98. The van der Waals surface area contributed by atoms with Crippen molar-refractivity contribution in [2.24, 2.45) is 0 Å². The van der Waals surface area contributed by atoms with Gasteiger partial charge >= 0.3 is 0 Å². The average molecular weight is 472 g/mol. The first-order chi connectivity index (χ1) is 15.6. The van der Waals surface area contributed by atoms with Gasteiger partial charge in [-0.3, -0.25) is 9.10 Å². The summed E-state index contributed by atoms with van der Waals surface area (Å²) in [7, 11) is -3.43. The Hall–Kier alpha value is -2.54. The number of nitrogens with zero attached hydrogens (tertiary/aromatic N) is 2. The highest BCUT2D eigenvalue weighted by atomic mass is 32.2. The monoisotopic (exact) mass is 471 g/mol. The molecule has 0 aromatic heterocycles. The van der Waals surface area contributed by atoms with Gasteiger partial charge in [0.05, 0.1) is 18.0 Å². The fraction of sp³-hybridized carbons (Fsp3) is 0.500. The van der Waals surface area contributed by atoms with Crippen molar-refractivity contribution in [3.8, 4) is 0 Å². The minimum absolute atomic E-state index is 0.0727. The van der Waals surface area contributed by atoms with Gasteiger partial charge in [0.1, 0.15) is 0 Å². The zero-order chi connectivity index (χ0) is 24.0. The van der Waals surface area contributed by atoms with E-state index in [9.17, 15) is 13.2 Å². The molecule has 1 N–H and O–H groups in total. The Balaban J connectivity index is 1.53. The van der Waals surface area contributed by atoms with Crippen molar-refractivity contribution in [3.63, 3.8) is 0 Å². The van der Waals surface area contributed by atoms with Gasteiger partial charge < -0.3 is 10.2 Å². The Labute approximate surface area is 199 Å². The van der Waals surface area contributed by atoms with Crippen molar-refractivity contribution in [1.82, 2.24) is 5.32 Å². The van der Waals surface area contributed by atoms with Crippen LogP contribution in [0.1, 0.15) is 61.8 Å². The summed E-state index contributed by atoms with van der Waals surface area (Å²) in [5.74, 6) is -0.0727. The number of sulfonamides is 1. The van der Waals surface area contributed by atoms with Gasteiger partial charge in [0.2, 0.25) is 15.9 Å². The molecular formula is C26H37N3O3S. The van der Waals surface area contributed by atoms with Crippen molar-refractivity contribution in [1.29, 1.82) is 0 Å². The number of carbonyl (C=O) groups excluding carboxylic acids is 1. The molecule has 1 heterocycles. The van der Waals surface area contributed by atoms with Crippen LogP contribution in [0.2, 0.25) is 0 Å². The second-order valence-corrected chi connectivity index (χ2v) is 11.1. The Morgan fingerprint density at radius 3 is 2.21 bits per heavy atom. The first-order valence-corrected chi connectivity index (χ1v) is 13.7. The zero-order valence-corrected chi connectivity index (χ0v) is 21.1. The van der Waals surface area contributed by atoms with E-state index < -0.39 is 10.0 Å². The molecule has 0 aliphatic carbocycles. The summed E-state index contributed by atoms with van der Waals surface area (Å²) >= 11 is 0. The Morgan fingerprint density at radius 1 is 1.03 bits per heavy atom. The molecule has 6 nitrogen and oxygen atoms in total. The van der Waals surface area contributed by atoms with Crippen LogP contribution in [0.5, 0.6) is 0 Å². The maximum absolute atomic E-state index is 12.5. The molecule has 0 radical (unpaired) electrons. The first kappa shape index (κ1) is 25.1. The number of nitrogens with one attached hydrogen (secondary N) is 1. The van der Waals surface area contributed by atoms with E-state index in [1.165, 1.54) is 35.5 Å². The lowest BCUT2D eigenvalue weighted by Crippen LogP contribution is -2.32. The lowest BCUT2D eigenvalue weighted by Gasteiger charge is -2.29. The standard InChI is InChI=1S/C26H37N3O3S/c1-20-17-21(2)19-25(18-20)29(33(4,31)32)16-8-9-26(30)27-22(3)23-10-12-24(13-11-23)28-14-6-5-7-15-28/h10-13,17-19,22H,5-9,14-16H2,1-4H3,(H,27,30)/t22-/m0/s1. The fourth-order valence-electron chi connectivity index (χ4n) is 4.49. The van der Waals surface area contributed by atoms with Gasteiger partial charge in [0, 0.05) is 31.7 Å². The number of aryl methyl sites for hydroxylation is 2. The van der Waals surface area contributed by atoms with Crippen molar-refractivity contribution in [3.05, 3.63) is 59.2 Å². The predicted octanol–water partition coefficient (Wildman–Crippen LogP) is 4.72. The number of hydrogen-bond acceptors (Lipinski definition) is 4. The molecule has 0 bridgehead atoms. The average Bonchev–Trinajstić information content (AvgIpc) is 2.76. The number of rotatable bonds is 9. The molecule has 0 spiro atoms. The first-order valence-electron chi connectivity index (χ1n) is 11.8. The minimum Gasteiger partial charge on any atom is -0.372 e. The Kier molecular flexibility index (Phi) is 8.40. The van der Waals surface area contributed by atoms with Crippen molar-refractivity contribution >= 4 is 27.3 Å². The van der Waals surface area contributed by atoms with Crippen LogP contribution in [0.15, 0.2) is 42.5 Å². The predicted molar refractivity (Wildman–Crippen MR) is 136 cm³/mol. The Bertz CT molecular complexity index is 1020. The van der Waals surface area contributed by atoms with Crippen LogP contribution in [-0.4, -0.2) is 40.2 Å². The molecule has 2 aromatic carbocycles. The number of hydrogen-bond donors (Lipinski definition) is 1. The van der Waals surface area contributed by atoms with Crippen LogP contribution in [0.4, 0.5) is 11.4 Å². The summed E-state index contributed by atoms with van der Waals surface area (Å²) in [6.07, 6.45) is 5.73.